The summed E-state index contributed by atoms with van der Waals surface area (Å²) in [7, 11) is 1.53. The number of amides is 2. The molecule has 1 aliphatic rings. The van der Waals surface area contributed by atoms with Crippen molar-refractivity contribution in [3.05, 3.63) is 59.4 Å². The minimum atomic E-state index is -0.315. The second-order valence-electron chi connectivity index (χ2n) is 7.44. The molecule has 2 amide bonds. The molecule has 7 heteroatoms. The van der Waals surface area contributed by atoms with Crippen LogP contribution in [-0.4, -0.2) is 43.0 Å². The first-order valence-electron chi connectivity index (χ1n) is 10.0. The number of carbonyl (C=O) groups excluding carboxylic acids is 2. The van der Waals surface area contributed by atoms with Gasteiger partial charge in [-0.25, -0.2) is 4.39 Å². The van der Waals surface area contributed by atoms with Crippen LogP contribution in [0.3, 0.4) is 0 Å². The van der Waals surface area contributed by atoms with Gasteiger partial charge in [0.15, 0.2) is 11.5 Å². The summed E-state index contributed by atoms with van der Waals surface area (Å²) in [5, 5.41) is 2.90. The van der Waals surface area contributed by atoms with Gasteiger partial charge in [0.1, 0.15) is 11.9 Å². The van der Waals surface area contributed by atoms with Crippen LogP contribution >= 0.6 is 0 Å². The zero-order chi connectivity index (χ0) is 21.7. The first-order valence-corrected chi connectivity index (χ1v) is 10.0. The summed E-state index contributed by atoms with van der Waals surface area (Å²) in [6, 6.07) is 10.8. The largest absolute Gasteiger partial charge is 0.493 e. The molecule has 1 N–H and O–H groups in total. The molecule has 1 unspecified atom stereocenters. The molecule has 30 heavy (non-hydrogen) atoms. The topological polar surface area (TPSA) is 67.9 Å². The van der Waals surface area contributed by atoms with Gasteiger partial charge in [0.2, 0.25) is 5.91 Å². The molecule has 6 nitrogen and oxygen atoms in total. The highest BCUT2D eigenvalue weighted by Gasteiger charge is 2.23. The Balaban J connectivity index is 1.64. The number of methoxy groups -OCH3 is 1. The van der Waals surface area contributed by atoms with Gasteiger partial charge in [0.05, 0.1) is 13.2 Å². The van der Waals surface area contributed by atoms with Crippen molar-refractivity contribution in [2.24, 2.45) is 0 Å². The number of hydrogen-bond acceptors (Lipinski definition) is 4. The van der Waals surface area contributed by atoms with Gasteiger partial charge >= 0.3 is 0 Å². The van der Waals surface area contributed by atoms with Crippen molar-refractivity contribution in [3.63, 3.8) is 0 Å². The van der Waals surface area contributed by atoms with Crippen LogP contribution in [0.2, 0.25) is 0 Å². The van der Waals surface area contributed by atoms with Crippen molar-refractivity contribution >= 4 is 11.8 Å². The van der Waals surface area contributed by atoms with Crippen molar-refractivity contribution in [3.8, 4) is 11.5 Å². The Hall–Kier alpha value is -3.09. The maximum atomic E-state index is 13.1. The van der Waals surface area contributed by atoms with E-state index in [0.29, 0.717) is 30.2 Å². The fourth-order valence-electron chi connectivity index (χ4n) is 3.49. The first kappa shape index (κ1) is 21.6. The highest BCUT2D eigenvalue weighted by Crippen LogP contribution is 2.31. The Morgan fingerprint density at radius 1 is 1.10 bits per heavy atom. The number of likely N-dealkylation sites (tertiary alicyclic amines) is 1. The van der Waals surface area contributed by atoms with Crippen LogP contribution in [0.5, 0.6) is 11.5 Å². The van der Waals surface area contributed by atoms with Crippen LogP contribution in [0.15, 0.2) is 42.5 Å². The van der Waals surface area contributed by atoms with Crippen LogP contribution in [0, 0.1) is 5.82 Å². The molecule has 2 aromatic rings. The van der Waals surface area contributed by atoms with Gasteiger partial charge in [-0.3, -0.25) is 9.59 Å². The molecule has 0 spiro atoms. The second kappa shape index (κ2) is 9.61. The molecule has 160 valence electrons. The van der Waals surface area contributed by atoms with E-state index in [4.69, 9.17) is 9.47 Å². The first-order chi connectivity index (χ1) is 14.4. The third kappa shape index (κ3) is 5.28. The maximum absolute atomic E-state index is 13.1. The van der Waals surface area contributed by atoms with Crippen molar-refractivity contribution in [1.29, 1.82) is 0 Å². The highest BCUT2D eigenvalue weighted by molar-refractivity contribution is 5.95. The SMILES string of the molecule is COc1cc(C(=O)NC(C)c2ccc(F)cc2)ccc1OC1CCN(C(C)=O)CC1. The fraction of sp³-hybridized carbons (Fsp3) is 0.391. The molecule has 0 radical (unpaired) electrons. The Morgan fingerprint density at radius 2 is 1.77 bits per heavy atom. The lowest BCUT2D eigenvalue weighted by Crippen LogP contribution is -2.40. The minimum Gasteiger partial charge on any atom is -0.493 e. The molecule has 1 saturated heterocycles. The Kier molecular flexibility index (Phi) is 6.92. The number of hydrogen-bond donors (Lipinski definition) is 1. The molecule has 2 aromatic carbocycles. The van der Waals surface area contributed by atoms with Crippen molar-refractivity contribution in [1.82, 2.24) is 10.2 Å². The van der Waals surface area contributed by atoms with Gasteiger partial charge in [0, 0.05) is 38.4 Å². The fourth-order valence-corrected chi connectivity index (χ4v) is 3.49. The number of halogens is 1. The van der Waals surface area contributed by atoms with E-state index in [0.717, 1.165) is 18.4 Å². The minimum absolute atomic E-state index is 0.00678. The predicted octanol–water partition coefficient (Wildman–Crippen LogP) is 3.72. The zero-order valence-electron chi connectivity index (χ0n) is 17.5. The Bertz CT molecular complexity index is 893. The second-order valence-corrected chi connectivity index (χ2v) is 7.44. The van der Waals surface area contributed by atoms with E-state index in [2.05, 4.69) is 5.32 Å². The molecular weight excluding hydrogens is 387 g/mol. The van der Waals surface area contributed by atoms with Gasteiger partial charge < -0.3 is 19.7 Å². The summed E-state index contributed by atoms with van der Waals surface area (Å²) in [5.41, 5.74) is 1.26. The van der Waals surface area contributed by atoms with Crippen LogP contribution in [0.4, 0.5) is 4.39 Å². The lowest BCUT2D eigenvalue weighted by molar-refractivity contribution is -0.130. The highest BCUT2D eigenvalue weighted by atomic mass is 19.1. The van der Waals surface area contributed by atoms with Crippen LogP contribution in [-0.2, 0) is 4.79 Å². The molecule has 1 atom stereocenters. The van der Waals surface area contributed by atoms with Crippen LogP contribution in [0.25, 0.3) is 0 Å². The van der Waals surface area contributed by atoms with Gasteiger partial charge in [-0.1, -0.05) is 12.1 Å². The quantitative estimate of drug-likeness (QED) is 0.782. The smallest absolute Gasteiger partial charge is 0.251 e. The Labute approximate surface area is 176 Å². The number of rotatable bonds is 6. The third-order valence-corrected chi connectivity index (χ3v) is 5.32. The van der Waals surface area contributed by atoms with E-state index in [1.807, 2.05) is 11.8 Å². The Morgan fingerprint density at radius 3 is 2.37 bits per heavy atom. The molecule has 0 aromatic heterocycles. The maximum Gasteiger partial charge on any atom is 0.251 e. The normalized spacial score (nSPS) is 15.4. The lowest BCUT2D eigenvalue weighted by atomic mass is 10.1. The number of benzene rings is 2. The van der Waals surface area contributed by atoms with Crippen molar-refractivity contribution < 1.29 is 23.5 Å². The molecule has 0 bridgehead atoms. The summed E-state index contributed by atoms with van der Waals surface area (Å²) >= 11 is 0. The monoisotopic (exact) mass is 414 g/mol. The molecule has 1 aliphatic heterocycles. The lowest BCUT2D eigenvalue weighted by Gasteiger charge is -2.31. The van der Waals surface area contributed by atoms with Crippen molar-refractivity contribution in [2.45, 2.75) is 38.8 Å². The van der Waals surface area contributed by atoms with Gasteiger partial charge in [0.25, 0.3) is 5.91 Å². The summed E-state index contributed by atoms with van der Waals surface area (Å²) in [6.45, 7) is 4.76. The summed E-state index contributed by atoms with van der Waals surface area (Å²) < 4.78 is 24.6. The van der Waals surface area contributed by atoms with E-state index in [1.54, 1.807) is 37.3 Å². The molecule has 1 fully saturated rings. The molecule has 0 saturated carbocycles. The third-order valence-electron chi connectivity index (χ3n) is 5.32. The van der Waals surface area contributed by atoms with Crippen molar-refractivity contribution in [2.75, 3.05) is 20.2 Å². The molecule has 0 aliphatic carbocycles. The van der Waals surface area contributed by atoms with Gasteiger partial charge in [-0.15, -0.1) is 0 Å². The molecular formula is C23H27FN2O4. The number of carbonyl (C=O) groups is 2. The van der Waals surface area contributed by atoms with E-state index in [-0.39, 0.29) is 29.8 Å². The average molecular weight is 414 g/mol. The summed E-state index contributed by atoms with van der Waals surface area (Å²) in [4.78, 5) is 25.9. The number of nitrogens with zero attached hydrogens (tertiary/aromatic N) is 1. The van der Waals surface area contributed by atoms with Crippen LogP contribution in [0.1, 0.15) is 48.7 Å². The van der Waals surface area contributed by atoms with Gasteiger partial charge in [-0.05, 0) is 42.8 Å². The van der Waals surface area contributed by atoms with E-state index in [1.165, 1.54) is 19.2 Å². The number of piperidine rings is 1. The average Bonchev–Trinajstić information content (AvgIpc) is 2.74. The summed E-state index contributed by atoms with van der Waals surface area (Å²) in [5.74, 6) is 0.556. The molecule has 1 heterocycles. The number of ether oxygens (including phenoxy) is 2. The predicted molar refractivity (Wildman–Crippen MR) is 111 cm³/mol. The van der Waals surface area contributed by atoms with E-state index < -0.39 is 0 Å². The standard InChI is InChI=1S/C23H27FN2O4/c1-15(17-4-7-19(24)8-5-17)25-23(28)18-6-9-21(22(14-18)29-3)30-20-10-12-26(13-11-20)16(2)27/h4-9,14-15,20H,10-13H2,1-3H3,(H,25,28). The summed E-state index contributed by atoms with van der Waals surface area (Å²) in [6.07, 6.45) is 1.49. The van der Waals surface area contributed by atoms with Gasteiger partial charge in [-0.2, -0.15) is 0 Å². The van der Waals surface area contributed by atoms with E-state index in [9.17, 15) is 14.0 Å². The zero-order valence-corrected chi connectivity index (χ0v) is 17.5. The molecule has 3 rings (SSSR count). The number of nitrogens with one attached hydrogen (secondary N) is 1. The van der Waals surface area contributed by atoms with E-state index >= 15 is 0 Å². The van der Waals surface area contributed by atoms with Crippen LogP contribution < -0.4 is 14.8 Å².